The zero-order valence-corrected chi connectivity index (χ0v) is 16.6. The molecule has 0 saturated heterocycles. The summed E-state index contributed by atoms with van der Waals surface area (Å²) in [4.78, 5) is 37.2. The van der Waals surface area contributed by atoms with Crippen LogP contribution >= 0.6 is 11.3 Å². The standard InChI is InChI=1S/C18H27N3O4S/c1-5-25-18(24)16-13(12-6-7-12)10-26-17(16)20-15(23)9-21(4)8-14(22)19-11(2)3/h10-12H,5-9H2,1-4H3,(H,19,22)(H,20,23)/p+1. The van der Waals surface area contributed by atoms with E-state index in [0.717, 1.165) is 23.3 Å². The Bertz CT molecular complexity index is 667. The minimum atomic E-state index is -0.386. The Hall–Kier alpha value is -1.93. The number of hydrogen-bond donors (Lipinski definition) is 3. The van der Waals surface area contributed by atoms with Crippen LogP contribution in [0.15, 0.2) is 5.38 Å². The molecule has 0 bridgehead atoms. The normalized spacial score (nSPS) is 14.8. The molecule has 1 aromatic rings. The van der Waals surface area contributed by atoms with Crippen molar-refractivity contribution in [1.29, 1.82) is 0 Å². The van der Waals surface area contributed by atoms with E-state index in [1.165, 1.54) is 11.3 Å². The predicted octanol–water partition coefficient (Wildman–Crippen LogP) is 0.780. The molecule has 0 aromatic carbocycles. The number of anilines is 1. The van der Waals surface area contributed by atoms with Gasteiger partial charge in [-0.05, 0) is 50.5 Å². The fourth-order valence-electron chi connectivity index (χ4n) is 2.73. The number of carbonyl (C=O) groups excluding carboxylic acids is 3. The molecule has 8 heteroatoms. The first-order valence-electron chi connectivity index (χ1n) is 9.00. The smallest absolute Gasteiger partial charge is 0.341 e. The molecule has 1 aliphatic rings. The van der Waals surface area contributed by atoms with Gasteiger partial charge in [-0.15, -0.1) is 11.3 Å². The maximum absolute atomic E-state index is 12.3. The first-order chi connectivity index (χ1) is 12.3. The molecular formula is C18H28N3O4S+. The highest BCUT2D eigenvalue weighted by atomic mass is 32.1. The molecule has 1 aliphatic carbocycles. The van der Waals surface area contributed by atoms with Crippen molar-refractivity contribution in [2.24, 2.45) is 0 Å². The Kier molecular flexibility index (Phi) is 7.16. The lowest BCUT2D eigenvalue weighted by molar-refractivity contribution is -0.862. The van der Waals surface area contributed by atoms with E-state index in [1.54, 1.807) is 14.0 Å². The van der Waals surface area contributed by atoms with Gasteiger partial charge in [-0.25, -0.2) is 4.79 Å². The minimum Gasteiger partial charge on any atom is -0.462 e. The van der Waals surface area contributed by atoms with E-state index in [1.807, 2.05) is 19.2 Å². The molecule has 0 aliphatic heterocycles. The summed E-state index contributed by atoms with van der Waals surface area (Å²) in [5.74, 6) is -0.313. The van der Waals surface area contributed by atoms with Crippen LogP contribution in [0.25, 0.3) is 0 Å². The number of quaternary nitrogens is 1. The highest BCUT2D eigenvalue weighted by Crippen LogP contribution is 2.46. The number of likely N-dealkylation sites (N-methyl/N-ethyl adjacent to an activating group) is 1. The van der Waals surface area contributed by atoms with Crippen LogP contribution in [0, 0.1) is 0 Å². The van der Waals surface area contributed by atoms with Crippen molar-refractivity contribution in [2.75, 3.05) is 32.1 Å². The first-order valence-corrected chi connectivity index (χ1v) is 9.88. The third-order valence-electron chi connectivity index (χ3n) is 3.94. The van der Waals surface area contributed by atoms with Crippen molar-refractivity contribution in [1.82, 2.24) is 5.32 Å². The first kappa shape index (κ1) is 20.4. The molecule has 144 valence electrons. The highest BCUT2D eigenvalue weighted by Gasteiger charge is 2.32. The Morgan fingerprint density at radius 1 is 1.27 bits per heavy atom. The molecule has 1 aromatic heterocycles. The average Bonchev–Trinajstić information content (AvgIpc) is 3.27. The summed E-state index contributed by atoms with van der Waals surface area (Å²) < 4.78 is 5.16. The van der Waals surface area contributed by atoms with E-state index in [4.69, 9.17) is 4.74 Å². The molecule has 1 heterocycles. The van der Waals surface area contributed by atoms with E-state index in [0.29, 0.717) is 23.1 Å². The second-order valence-electron chi connectivity index (χ2n) is 6.97. The Balaban J connectivity index is 1.98. The topological polar surface area (TPSA) is 88.9 Å². The van der Waals surface area contributed by atoms with Crippen LogP contribution in [-0.2, 0) is 14.3 Å². The second kappa shape index (κ2) is 9.14. The summed E-state index contributed by atoms with van der Waals surface area (Å²) in [6, 6.07) is 0.0724. The number of esters is 1. The lowest BCUT2D eigenvalue weighted by atomic mass is 10.1. The molecule has 1 unspecified atom stereocenters. The molecule has 0 spiro atoms. The summed E-state index contributed by atoms with van der Waals surface area (Å²) >= 11 is 1.36. The van der Waals surface area contributed by atoms with Gasteiger partial charge in [0.2, 0.25) is 0 Å². The quantitative estimate of drug-likeness (QED) is 0.551. The number of thiophene rings is 1. The van der Waals surface area contributed by atoms with Gasteiger partial charge in [0.1, 0.15) is 5.00 Å². The van der Waals surface area contributed by atoms with Crippen molar-refractivity contribution >= 4 is 34.1 Å². The van der Waals surface area contributed by atoms with Gasteiger partial charge in [0.25, 0.3) is 11.8 Å². The molecule has 1 fully saturated rings. The number of ether oxygens (including phenoxy) is 1. The van der Waals surface area contributed by atoms with Crippen molar-refractivity contribution in [2.45, 2.75) is 45.6 Å². The zero-order chi connectivity index (χ0) is 19.3. The molecular weight excluding hydrogens is 354 g/mol. The van der Waals surface area contributed by atoms with Gasteiger partial charge in [0, 0.05) is 6.04 Å². The van der Waals surface area contributed by atoms with Gasteiger partial charge in [0.05, 0.1) is 19.2 Å². The molecule has 3 N–H and O–H groups in total. The molecule has 0 radical (unpaired) electrons. The van der Waals surface area contributed by atoms with E-state index < -0.39 is 0 Å². The molecule has 7 nitrogen and oxygen atoms in total. The van der Waals surface area contributed by atoms with E-state index in [-0.39, 0.29) is 36.9 Å². The fourth-order valence-corrected chi connectivity index (χ4v) is 3.77. The molecule has 26 heavy (non-hydrogen) atoms. The van der Waals surface area contributed by atoms with Gasteiger partial charge in [-0.2, -0.15) is 0 Å². The van der Waals surface area contributed by atoms with Crippen molar-refractivity contribution < 1.29 is 24.0 Å². The summed E-state index contributed by atoms with van der Waals surface area (Å²) in [5.41, 5.74) is 1.46. The number of rotatable bonds is 9. The van der Waals surface area contributed by atoms with Crippen LogP contribution in [0.1, 0.15) is 55.5 Å². The summed E-state index contributed by atoms with van der Waals surface area (Å²) in [6.07, 6.45) is 2.13. The largest absolute Gasteiger partial charge is 0.462 e. The summed E-state index contributed by atoms with van der Waals surface area (Å²) in [6.45, 7) is 6.21. The van der Waals surface area contributed by atoms with Crippen LogP contribution in [0.4, 0.5) is 5.00 Å². The number of hydrogen-bond acceptors (Lipinski definition) is 5. The van der Waals surface area contributed by atoms with Crippen molar-refractivity contribution in [3.8, 4) is 0 Å². The van der Waals surface area contributed by atoms with E-state index >= 15 is 0 Å². The van der Waals surface area contributed by atoms with E-state index in [9.17, 15) is 14.4 Å². The SMILES string of the molecule is CCOC(=O)c1c(C2CC2)csc1NC(=O)C[NH+](C)CC(=O)NC(C)C. The highest BCUT2D eigenvalue weighted by molar-refractivity contribution is 7.15. The number of amides is 2. The monoisotopic (exact) mass is 382 g/mol. The maximum Gasteiger partial charge on any atom is 0.341 e. The Morgan fingerprint density at radius 3 is 2.50 bits per heavy atom. The van der Waals surface area contributed by atoms with Crippen molar-refractivity contribution in [3.63, 3.8) is 0 Å². The summed E-state index contributed by atoms with van der Waals surface area (Å²) in [7, 11) is 1.79. The van der Waals surface area contributed by atoms with Gasteiger partial charge >= 0.3 is 5.97 Å². The third-order valence-corrected chi connectivity index (χ3v) is 4.86. The van der Waals surface area contributed by atoms with E-state index in [2.05, 4.69) is 10.6 Å². The number of carbonyl (C=O) groups is 3. The van der Waals surface area contributed by atoms with Crippen LogP contribution in [0.3, 0.4) is 0 Å². The molecule has 1 saturated carbocycles. The number of nitrogens with one attached hydrogen (secondary N) is 3. The molecule has 1 atom stereocenters. The maximum atomic E-state index is 12.3. The summed E-state index contributed by atoms with van der Waals surface area (Å²) in [5, 5.41) is 8.10. The van der Waals surface area contributed by atoms with Gasteiger partial charge in [-0.1, -0.05) is 0 Å². The predicted molar refractivity (Wildman–Crippen MR) is 101 cm³/mol. The zero-order valence-electron chi connectivity index (χ0n) is 15.8. The minimum absolute atomic E-state index is 0.0724. The second-order valence-corrected chi connectivity index (χ2v) is 7.85. The van der Waals surface area contributed by atoms with Crippen LogP contribution in [0.5, 0.6) is 0 Å². The Labute approximate surface area is 158 Å². The third kappa shape index (κ3) is 5.81. The van der Waals surface area contributed by atoms with Crippen molar-refractivity contribution in [3.05, 3.63) is 16.5 Å². The van der Waals surface area contributed by atoms with Crippen LogP contribution in [-0.4, -0.2) is 50.6 Å². The average molecular weight is 383 g/mol. The van der Waals surface area contributed by atoms with Gasteiger partial charge < -0.3 is 20.3 Å². The molecule has 2 amide bonds. The van der Waals surface area contributed by atoms with Gasteiger partial charge in [-0.3, -0.25) is 9.59 Å². The Morgan fingerprint density at radius 2 is 1.92 bits per heavy atom. The van der Waals surface area contributed by atoms with Gasteiger partial charge in [0.15, 0.2) is 13.1 Å². The lowest BCUT2D eigenvalue weighted by Crippen LogP contribution is -3.11. The van der Waals surface area contributed by atoms with Crippen LogP contribution in [0.2, 0.25) is 0 Å². The lowest BCUT2D eigenvalue weighted by Gasteiger charge is -2.15. The van der Waals surface area contributed by atoms with Crippen LogP contribution < -0.4 is 15.5 Å². The fraction of sp³-hybridized carbons (Fsp3) is 0.611. The molecule has 2 rings (SSSR count).